The average Bonchev–Trinajstić information content (AvgIpc) is 2.51. The fourth-order valence-corrected chi connectivity index (χ4v) is 3.14. The summed E-state index contributed by atoms with van der Waals surface area (Å²) in [7, 11) is 0. The van der Waals surface area contributed by atoms with Crippen molar-refractivity contribution < 1.29 is 9.90 Å². The number of carbonyl (C=O) groups excluding carboxylic acids is 1. The summed E-state index contributed by atoms with van der Waals surface area (Å²) < 4.78 is 0. The minimum absolute atomic E-state index is 0.0562. The number of aliphatic hydroxyl groups is 1. The zero-order valence-corrected chi connectivity index (χ0v) is 13.8. The minimum atomic E-state index is -0.376. The first-order valence-corrected chi connectivity index (χ1v) is 7.70. The van der Waals surface area contributed by atoms with Gasteiger partial charge in [0.2, 0.25) is 5.91 Å². The van der Waals surface area contributed by atoms with Crippen molar-refractivity contribution in [1.82, 2.24) is 14.9 Å². The molecule has 0 saturated carbocycles. The maximum Gasteiger partial charge on any atom is 0.254 e. The Morgan fingerprint density at radius 2 is 2.14 bits per heavy atom. The van der Waals surface area contributed by atoms with Crippen LogP contribution in [0.25, 0.3) is 0 Å². The molecule has 0 bridgehead atoms. The number of likely N-dealkylation sites (tertiary alicyclic amines) is 1. The third-order valence-corrected chi connectivity index (χ3v) is 4.16. The molecule has 1 aromatic heterocycles. The highest BCUT2D eigenvalue weighted by Crippen LogP contribution is 2.28. The molecule has 0 aromatic carbocycles. The standard InChI is InChI=1S/C16H25N3O3/c1-10-13(15(22)18-11(2)17-10)7-14(21)19-6-5-12(20)8-16(3,4)9-19/h12,20H,5-9H2,1-4H3,(H,17,18,22). The van der Waals surface area contributed by atoms with E-state index in [2.05, 4.69) is 9.97 Å². The van der Waals surface area contributed by atoms with Crippen molar-refractivity contribution in [2.75, 3.05) is 13.1 Å². The number of aliphatic hydroxyl groups excluding tert-OH is 1. The predicted octanol–water partition coefficient (Wildman–Crippen LogP) is 0.939. The molecule has 6 heteroatoms. The fourth-order valence-electron chi connectivity index (χ4n) is 3.14. The van der Waals surface area contributed by atoms with Crippen LogP contribution in [0, 0.1) is 19.3 Å². The van der Waals surface area contributed by atoms with Gasteiger partial charge in [0, 0.05) is 24.3 Å². The first-order valence-electron chi connectivity index (χ1n) is 7.70. The molecule has 0 aliphatic carbocycles. The number of nitrogens with one attached hydrogen (secondary N) is 1. The molecule has 122 valence electrons. The van der Waals surface area contributed by atoms with E-state index in [0.717, 1.165) is 0 Å². The van der Waals surface area contributed by atoms with Gasteiger partial charge in [-0.15, -0.1) is 0 Å². The lowest BCUT2D eigenvalue weighted by atomic mass is 9.87. The van der Waals surface area contributed by atoms with Gasteiger partial charge in [-0.1, -0.05) is 13.8 Å². The van der Waals surface area contributed by atoms with Gasteiger partial charge in [-0.25, -0.2) is 4.98 Å². The number of amides is 1. The summed E-state index contributed by atoms with van der Waals surface area (Å²) in [5, 5.41) is 9.93. The van der Waals surface area contributed by atoms with Crippen LogP contribution in [0.1, 0.15) is 43.8 Å². The molecule has 0 spiro atoms. The summed E-state index contributed by atoms with van der Waals surface area (Å²) in [6.45, 7) is 8.69. The summed E-state index contributed by atoms with van der Waals surface area (Å²) in [6, 6.07) is 0. The Hall–Kier alpha value is -1.69. The summed E-state index contributed by atoms with van der Waals surface area (Å²) in [5.41, 5.74) is 0.660. The molecule has 1 aliphatic heterocycles. The lowest BCUT2D eigenvalue weighted by Crippen LogP contribution is -2.39. The lowest BCUT2D eigenvalue weighted by molar-refractivity contribution is -0.131. The van der Waals surface area contributed by atoms with Crippen LogP contribution in [-0.2, 0) is 11.2 Å². The van der Waals surface area contributed by atoms with Crippen LogP contribution in [0.15, 0.2) is 4.79 Å². The van der Waals surface area contributed by atoms with Crippen LogP contribution in [0.3, 0.4) is 0 Å². The molecule has 1 atom stereocenters. The molecule has 2 heterocycles. The monoisotopic (exact) mass is 307 g/mol. The van der Waals surface area contributed by atoms with Crippen molar-refractivity contribution in [1.29, 1.82) is 0 Å². The summed E-state index contributed by atoms with van der Waals surface area (Å²) in [4.78, 5) is 33.2. The maximum absolute atomic E-state index is 12.6. The number of aromatic amines is 1. The number of hydrogen-bond donors (Lipinski definition) is 2. The Bertz CT molecular complexity index is 622. The van der Waals surface area contributed by atoms with E-state index in [1.165, 1.54) is 0 Å². The molecular formula is C16H25N3O3. The van der Waals surface area contributed by atoms with Gasteiger partial charge >= 0.3 is 0 Å². The quantitative estimate of drug-likeness (QED) is 0.851. The van der Waals surface area contributed by atoms with Crippen LogP contribution in [0.4, 0.5) is 0 Å². The van der Waals surface area contributed by atoms with Crippen LogP contribution in [0.5, 0.6) is 0 Å². The number of hydrogen-bond acceptors (Lipinski definition) is 4. The lowest BCUT2D eigenvalue weighted by Gasteiger charge is -2.29. The van der Waals surface area contributed by atoms with Gasteiger partial charge in [-0.2, -0.15) is 0 Å². The number of aromatic nitrogens is 2. The van der Waals surface area contributed by atoms with E-state index in [1.54, 1.807) is 18.7 Å². The highest BCUT2D eigenvalue weighted by atomic mass is 16.3. The zero-order chi connectivity index (χ0) is 16.5. The third kappa shape index (κ3) is 3.94. The molecule has 0 radical (unpaired) electrons. The van der Waals surface area contributed by atoms with Gasteiger partial charge < -0.3 is 15.0 Å². The second kappa shape index (κ2) is 6.20. The number of H-pyrrole nitrogens is 1. The number of nitrogens with zero attached hydrogens (tertiary/aromatic N) is 2. The van der Waals surface area contributed by atoms with Gasteiger partial charge in [0.15, 0.2) is 0 Å². The Labute approximate surface area is 130 Å². The second-order valence-corrected chi connectivity index (χ2v) is 7.02. The summed E-state index contributed by atoms with van der Waals surface area (Å²) in [5.74, 6) is 0.471. The topological polar surface area (TPSA) is 86.3 Å². The molecule has 1 aromatic rings. The molecular weight excluding hydrogens is 282 g/mol. The van der Waals surface area contributed by atoms with Crippen LogP contribution < -0.4 is 5.56 Å². The van der Waals surface area contributed by atoms with Crippen LogP contribution in [0.2, 0.25) is 0 Å². The van der Waals surface area contributed by atoms with Crippen molar-refractivity contribution in [3.8, 4) is 0 Å². The van der Waals surface area contributed by atoms with E-state index in [-0.39, 0.29) is 29.4 Å². The van der Waals surface area contributed by atoms with Crippen LogP contribution >= 0.6 is 0 Å². The van der Waals surface area contributed by atoms with Crippen LogP contribution in [-0.4, -0.2) is 45.1 Å². The third-order valence-electron chi connectivity index (χ3n) is 4.16. The van der Waals surface area contributed by atoms with Gasteiger partial charge in [0.1, 0.15) is 5.82 Å². The Kier molecular flexibility index (Phi) is 4.70. The first kappa shape index (κ1) is 16.7. The summed E-state index contributed by atoms with van der Waals surface area (Å²) in [6.07, 6.45) is 0.943. The molecule has 2 N–H and O–H groups in total. The van der Waals surface area contributed by atoms with Gasteiger partial charge in [0.25, 0.3) is 5.56 Å². The smallest absolute Gasteiger partial charge is 0.254 e. The van der Waals surface area contributed by atoms with E-state index < -0.39 is 0 Å². The Morgan fingerprint density at radius 1 is 1.45 bits per heavy atom. The zero-order valence-electron chi connectivity index (χ0n) is 13.8. The van der Waals surface area contributed by atoms with Crippen molar-refractivity contribution >= 4 is 5.91 Å². The Balaban J connectivity index is 2.17. The largest absolute Gasteiger partial charge is 0.393 e. The van der Waals surface area contributed by atoms with E-state index in [0.29, 0.717) is 43.0 Å². The van der Waals surface area contributed by atoms with Crippen molar-refractivity contribution in [2.24, 2.45) is 5.41 Å². The predicted molar refractivity (Wildman–Crippen MR) is 83.6 cm³/mol. The number of aryl methyl sites for hydroxylation is 2. The molecule has 1 amide bonds. The molecule has 1 unspecified atom stereocenters. The van der Waals surface area contributed by atoms with E-state index in [9.17, 15) is 14.7 Å². The molecule has 1 aliphatic rings. The fraction of sp³-hybridized carbons (Fsp3) is 0.688. The van der Waals surface area contributed by atoms with Crippen molar-refractivity contribution in [3.63, 3.8) is 0 Å². The molecule has 1 saturated heterocycles. The first-order chi connectivity index (χ1) is 10.2. The second-order valence-electron chi connectivity index (χ2n) is 7.02. The van der Waals surface area contributed by atoms with Gasteiger partial charge in [-0.05, 0) is 32.1 Å². The van der Waals surface area contributed by atoms with E-state index in [4.69, 9.17) is 0 Å². The number of rotatable bonds is 2. The molecule has 6 nitrogen and oxygen atoms in total. The van der Waals surface area contributed by atoms with Gasteiger partial charge in [0.05, 0.1) is 12.5 Å². The van der Waals surface area contributed by atoms with E-state index >= 15 is 0 Å². The SMILES string of the molecule is Cc1nc(C)c(CC(=O)N2CCC(O)CC(C)(C)C2)c(=O)[nH]1. The summed E-state index contributed by atoms with van der Waals surface area (Å²) >= 11 is 0. The number of carbonyl (C=O) groups is 1. The molecule has 2 rings (SSSR count). The van der Waals surface area contributed by atoms with Crippen molar-refractivity contribution in [2.45, 2.75) is 53.1 Å². The van der Waals surface area contributed by atoms with Crippen molar-refractivity contribution in [3.05, 3.63) is 27.4 Å². The van der Waals surface area contributed by atoms with E-state index in [1.807, 2.05) is 13.8 Å². The Morgan fingerprint density at radius 3 is 2.77 bits per heavy atom. The molecule has 1 fully saturated rings. The molecule has 22 heavy (non-hydrogen) atoms. The average molecular weight is 307 g/mol. The minimum Gasteiger partial charge on any atom is -0.393 e. The van der Waals surface area contributed by atoms with Gasteiger partial charge in [-0.3, -0.25) is 9.59 Å². The highest BCUT2D eigenvalue weighted by molar-refractivity contribution is 5.79. The normalized spacial score (nSPS) is 21.5. The maximum atomic E-state index is 12.6. The highest BCUT2D eigenvalue weighted by Gasteiger charge is 2.31.